The number of unbranched alkanes of at least 4 members (excludes halogenated alkanes) is 2. The lowest BCUT2D eigenvalue weighted by atomic mass is 9.89. The molecule has 2 aliphatic rings. The van der Waals surface area contributed by atoms with E-state index in [1.165, 1.54) is 83.5 Å². The van der Waals surface area contributed by atoms with Crippen molar-refractivity contribution in [1.82, 2.24) is 5.32 Å². The molecule has 0 unspecified atom stereocenters. The number of rotatable bonds is 8. The minimum atomic E-state index is 0.653. The molecule has 2 heteroatoms. The molecular formula is C21H41NO. The molecule has 2 fully saturated rings. The van der Waals surface area contributed by atoms with Gasteiger partial charge in [0.1, 0.15) is 0 Å². The Hall–Kier alpha value is -0.660. The first kappa shape index (κ1) is 20.4. The Kier molecular flexibility index (Phi) is 12.2. The molecule has 2 aliphatic carbocycles. The molecule has 2 rings (SSSR count). The maximum Gasteiger partial charge on any atom is 0.182 e. The second-order valence-electron chi connectivity index (χ2n) is 6.96. The molecular weight excluding hydrogens is 282 g/mol. The normalized spacial score (nSPS) is 20.6. The fourth-order valence-corrected chi connectivity index (χ4v) is 3.64. The molecule has 0 bridgehead atoms. The predicted molar refractivity (Wildman–Crippen MR) is 101 cm³/mol. The highest BCUT2D eigenvalue weighted by atomic mass is 16.5. The average Bonchev–Trinajstić information content (AvgIpc) is 2.62. The minimum absolute atomic E-state index is 0.653. The highest BCUT2D eigenvalue weighted by Gasteiger charge is 2.17. The van der Waals surface area contributed by atoms with Gasteiger partial charge in [-0.2, -0.15) is 0 Å². The fourth-order valence-electron chi connectivity index (χ4n) is 3.64. The standard InChI is InChI=1S/C19H35NO.C2H6/c1-2-3-10-15-21-19(16-17-11-6-4-7-12-17)20-18-13-8-5-9-14-18;1-2/h16-18,20H,2-15H2,1H3;1-2H3/b19-16-;. The first-order chi connectivity index (χ1) is 11.4. The van der Waals surface area contributed by atoms with E-state index in [0.29, 0.717) is 6.04 Å². The molecule has 0 radical (unpaired) electrons. The van der Waals surface area contributed by atoms with E-state index >= 15 is 0 Å². The van der Waals surface area contributed by atoms with Gasteiger partial charge in [-0.05, 0) is 44.1 Å². The lowest BCUT2D eigenvalue weighted by molar-refractivity contribution is 0.167. The van der Waals surface area contributed by atoms with Crippen molar-refractivity contribution in [3.05, 3.63) is 12.0 Å². The summed E-state index contributed by atoms with van der Waals surface area (Å²) in [6, 6.07) is 0.653. The molecule has 0 aromatic carbocycles. The third-order valence-electron chi connectivity index (χ3n) is 4.99. The number of ether oxygens (including phenoxy) is 1. The highest BCUT2D eigenvalue weighted by Crippen LogP contribution is 2.26. The Morgan fingerprint density at radius 1 is 0.913 bits per heavy atom. The fraction of sp³-hybridized carbons (Fsp3) is 0.905. The largest absolute Gasteiger partial charge is 0.479 e. The number of allylic oxidation sites excluding steroid dienone is 1. The Morgan fingerprint density at radius 2 is 1.52 bits per heavy atom. The minimum Gasteiger partial charge on any atom is -0.479 e. The molecule has 2 nitrogen and oxygen atoms in total. The first-order valence-electron chi connectivity index (χ1n) is 10.5. The summed E-state index contributed by atoms with van der Waals surface area (Å²) in [5, 5.41) is 3.72. The van der Waals surface area contributed by atoms with Crippen LogP contribution in [0, 0.1) is 5.92 Å². The molecule has 0 saturated heterocycles. The Bertz CT molecular complexity index is 288. The molecule has 0 atom stereocenters. The topological polar surface area (TPSA) is 21.3 Å². The predicted octanol–water partition coefficient (Wildman–Crippen LogP) is 6.56. The van der Waals surface area contributed by atoms with Crippen molar-refractivity contribution in [3.63, 3.8) is 0 Å². The van der Waals surface area contributed by atoms with Crippen molar-refractivity contribution in [2.24, 2.45) is 5.92 Å². The van der Waals surface area contributed by atoms with Crippen molar-refractivity contribution < 1.29 is 4.74 Å². The summed E-state index contributed by atoms with van der Waals surface area (Å²) in [6.07, 6.45) is 19.9. The molecule has 0 aromatic heterocycles. The van der Waals surface area contributed by atoms with Gasteiger partial charge in [-0.1, -0.05) is 72.1 Å². The zero-order chi connectivity index (χ0) is 16.8. The zero-order valence-electron chi connectivity index (χ0n) is 16.0. The molecule has 136 valence electrons. The van der Waals surface area contributed by atoms with Crippen LogP contribution in [-0.2, 0) is 4.74 Å². The quantitative estimate of drug-likeness (QED) is 0.403. The lowest BCUT2D eigenvalue weighted by Gasteiger charge is -2.27. The Balaban J connectivity index is 0.00000127. The van der Waals surface area contributed by atoms with Crippen molar-refractivity contribution in [2.45, 2.75) is 110 Å². The first-order valence-corrected chi connectivity index (χ1v) is 10.5. The van der Waals surface area contributed by atoms with Crippen molar-refractivity contribution in [1.29, 1.82) is 0 Å². The monoisotopic (exact) mass is 323 g/mol. The van der Waals surface area contributed by atoms with Crippen LogP contribution in [0.3, 0.4) is 0 Å². The van der Waals surface area contributed by atoms with Gasteiger partial charge in [0, 0.05) is 6.04 Å². The van der Waals surface area contributed by atoms with Gasteiger partial charge in [0.2, 0.25) is 0 Å². The third kappa shape index (κ3) is 9.27. The van der Waals surface area contributed by atoms with Crippen LogP contribution in [-0.4, -0.2) is 12.6 Å². The molecule has 0 amide bonds. The van der Waals surface area contributed by atoms with Crippen LogP contribution < -0.4 is 5.32 Å². The van der Waals surface area contributed by atoms with Gasteiger partial charge in [0.25, 0.3) is 0 Å². The van der Waals surface area contributed by atoms with Crippen molar-refractivity contribution >= 4 is 0 Å². The molecule has 0 aromatic rings. The smallest absolute Gasteiger partial charge is 0.182 e. The molecule has 0 spiro atoms. The molecule has 1 N–H and O–H groups in total. The molecule has 0 heterocycles. The van der Waals surface area contributed by atoms with Crippen LogP contribution in [0.15, 0.2) is 12.0 Å². The second kappa shape index (κ2) is 13.7. The van der Waals surface area contributed by atoms with E-state index in [1.807, 2.05) is 13.8 Å². The average molecular weight is 324 g/mol. The van der Waals surface area contributed by atoms with Crippen LogP contribution in [0.5, 0.6) is 0 Å². The van der Waals surface area contributed by atoms with E-state index in [9.17, 15) is 0 Å². The maximum atomic E-state index is 6.10. The van der Waals surface area contributed by atoms with Gasteiger partial charge >= 0.3 is 0 Å². The third-order valence-corrected chi connectivity index (χ3v) is 4.99. The van der Waals surface area contributed by atoms with Gasteiger partial charge in [-0.25, -0.2) is 0 Å². The number of hydrogen-bond donors (Lipinski definition) is 1. The summed E-state index contributed by atoms with van der Waals surface area (Å²) in [7, 11) is 0. The SMILES string of the molecule is CC.CCCCCO/C(=C\C1CCCCC1)NC1CCCCC1. The highest BCUT2D eigenvalue weighted by molar-refractivity contribution is 4.98. The summed E-state index contributed by atoms with van der Waals surface area (Å²) in [5.74, 6) is 1.85. The number of nitrogens with one attached hydrogen (secondary N) is 1. The lowest BCUT2D eigenvalue weighted by Crippen LogP contribution is -2.32. The van der Waals surface area contributed by atoms with Crippen LogP contribution in [0.25, 0.3) is 0 Å². The van der Waals surface area contributed by atoms with E-state index in [4.69, 9.17) is 4.74 Å². The number of hydrogen-bond acceptors (Lipinski definition) is 2. The van der Waals surface area contributed by atoms with Crippen LogP contribution in [0.4, 0.5) is 0 Å². The van der Waals surface area contributed by atoms with Crippen LogP contribution in [0.2, 0.25) is 0 Å². The van der Waals surface area contributed by atoms with Crippen molar-refractivity contribution in [2.75, 3.05) is 6.61 Å². The second-order valence-corrected chi connectivity index (χ2v) is 6.96. The van der Waals surface area contributed by atoms with Gasteiger partial charge in [0.05, 0.1) is 6.61 Å². The summed E-state index contributed by atoms with van der Waals surface area (Å²) in [4.78, 5) is 0. The molecule has 0 aliphatic heterocycles. The van der Waals surface area contributed by atoms with Gasteiger partial charge in [0.15, 0.2) is 5.88 Å². The van der Waals surface area contributed by atoms with Gasteiger partial charge in [-0.3, -0.25) is 0 Å². The van der Waals surface area contributed by atoms with Crippen LogP contribution in [0.1, 0.15) is 104 Å². The van der Waals surface area contributed by atoms with Gasteiger partial charge < -0.3 is 10.1 Å². The van der Waals surface area contributed by atoms with E-state index in [1.54, 1.807) is 0 Å². The zero-order valence-corrected chi connectivity index (χ0v) is 16.0. The Morgan fingerprint density at radius 3 is 2.13 bits per heavy atom. The van der Waals surface area contributed by atoms with Gasteiger partial charge in [-0.15, -0.1) is 0 Å². The van der Waals surface area contributed by atoms with E-state index in [2.05, 4.69) is 18.3 Å². The summed E-state index contributed by atoms with van der Waals surface area (Å²) >= 11 is 0. The summed E-state index contributed by atoms with van der Waals surface area (Å²) < 4.78 is 6.10. The molecule has 2 saturated carbocycles. The van der Waals surface area contributed by atoms with Crippen molar-refractivity contribution in [3.8, 4) is 0 Å². The van der Waals surface area contributed by atoms with E-state index in [0.717, 1.165) is 18.4 Å². The molecule has 23 heavy (non-hydrogen) atoms. The van der Waals surface area contributed by atoms with E-state index in [-0.39, 0.29) is 0 Å². The van der Waals surface area contributed by atoms with E-state index < -0.39 is 0 Å². The Labute approximate surface area is 145 Å². The van der Waals surface area contributed by atoms with Crippen LogP contribution >= 0.6 is 0 Å². The summed E-state index contributed by atoms with van der Waals surface area (Å²) in [6.45, 7) is 7.13. The maximum absolute atomic E-state index is 6.10. The summed E-state index contributed by atoms with van der Waals surface area (Å²) in [5.41, 5.74) is 0.